The Labute approximate surface area is 50.3 Å². The maximum atomic E-state index is 9.63. The van der Waals surface area contributed by atoms with Gasteiger partial charge in [-0.05, 0) is 6.26 Å². The first-order chi connectivity index (χ1) is 3.00. The molecule has 0 fully saturated rings. The van der Waals surface area contributed by atoms with E-state index in [9.17, 15) is 8.42 Å². The normalized spacial score (nSPS) is 9.14. The van der Waals surface area contributed by atoms with Gasteiger partial charge in [0.25, 0.3) is 0 Å². The van der Waals surface area contributed by atoms with Crippen LogP contribution in [0, 0.1) is 0 Å². The average Bonchev–Trinajstić information content (AvgIpc) is 1.36. The largest absolute Gasteiger partial charge is 0.229 e. The van der Waals surface area contributed by atoms with Crippen molar-refractivity contribution in [3.05, 3.63) is 0 Å². The lowest BCUT2D eigenvalue weighted by atomic mass is 11.9. The van der Waals surface area contributed by atoms with Gasteiger partial charge in [0.1, 0.15) is 9.84 Å². The molecule has 0 saturated carbocycles. The first-order valence-electron chi connectivity index (χ1n) is 1.60. The maximum absolute atomic E-state index is 9.63. The van der Waals surface area contributed by atoms with E-state index in [2.05, 4.69) is 12.6 Å². The van der Waals surface area contributed by atoms with Crippen LogP contribution in [-0.2, 0) is 9.84 Å². The van der Waals surface area contributed by atoms with Gasteiger partial charge in [-0.3, -0.25) is 0 Å². The van der Waals surface area contributed by atoms with E-state index in [4.69, 9.17) is 0 Å². The second-order valence-electron chi connectivity index (χ2n) is 1.14. The molecular weight excluding hydrogens is 132 g/mol. The van der Waals surface area contributed by atoms with Crippen molar-refractivity contribution in [2.45, 2.75) is 0 Å². The summed E-state index contributed by atoms with van der Waals surface area (Å²) in [5, 5.41) is 0. The lowest BCUT2D eigenvalue weighted by Gasteiger charge is -1.69. The van der Waals surface area contributed by atoms with Crippen molar-refractivity contribution < 1.29 is 8.42 Å². The Bertz CT molecular complexity index is 94.1. The molecule has 0 aromatic carbocycles. The molecule has 0 aliphatic rings. The van der Waals surface area contributed by atoms with Crippen LogP contribution in [0.5, 0.6) is 0 Å². The summed E-state index contributed by atoms with van der Waals surface area (Å²) in [4.78, 5) is 0. The number of rotatable bonds is 0. The summed E-state index contributed by atoms with van der Waals surface area (Å²) < 4.78 is 19.3. The van der Waals surface area contributed by atoms with Gasteiger partial charge in [0.05, 0.1) is 0 Å². The summed E-state index contributed by atoms with van der Waals surface area (Å²) in [6, 6.07) is 0. The molecule has 0 aliphatic carbocycles. The van der Waals surface area contributed by atoms with E-state index in [1.165, 1.54) is 0 Å². The molecule has 2 nitrogen and oxygen atoms in total. The molecule has 4 heteroatoms. The molecule has 0 aliphatic heterocycles. The topological polar surface area (TPSA) is 34.1 Å². The van der Waals surface area contributed by atoms with Crippen LogP contribution in [0.1, 0.15) is 0 Å². The SMILES string of the molecule is CS.CS(C)(=O)=O. The second kappa shape index (κ2) is 4.46. The van der Waals surface area contributed by atoms with Gasteiger partial charge in [-0.2, -0.15) is 12.6 Å². The molecule has 0 spiro atoms. The molecule has 0 bridgehead atoms. The van der Waals surface area contributed by atoms with Gasteiger partial charge in [0, 0.05) is 12.5 Å². The quantitative estimate of drug-likeness (QED) is 0.490. The molecule has 0 aromatic heterocycles. The van der Waals surface area contributed by atoms with E-state index < -0.39 is 9.84 Å². The van der Waals surface area contributed by atoms with Crippen LogP contribution in [0.3, 0.4) is 0 Å². The summed E-state index contributed by atoms with van der Waals surface area (Å²) in [7, 11) is -2.67. The van der Waals surface area contributed by atoms with E-state index in [1.807, 2.05) is 0 Å². The predicted molar refractivity (Wildman–Crippen MR) is 35.7 cm³/mol. The minimum absolute atomic E-state index is 1.16. The highest BCUT2D eigenvalue weighted by Crippen LogP contribution is 1.61. The van der Waals surface area contributed by atoms with Crippen LogP contribution < -0.4 is 0 Å². The van der Waals surface area contributed by atoms with Crippen molar-refractivity contribution >= 4 is 22.5 Å². The molecular formula is C3H10O2S2. The van der Waals surface area contributed by atoms with Crippen molar-refractivity contribution in [1.29, 1.82) is 0 Å². The van der Waals surface area contributed by atoms with Gasteiger partial charge in [-0.15, -0.1) is 0 Å². The Morgan fingerprint density at radius 1 is 1.14 bits per heavy atom. The number of thiol groups is 1. The van der Waals surface area contributed by atoms with Gasteiger partial charge in [-0.25, -0.2) is 8.42 Å². The van der Waals surface area contributed by atoms with Crippen LogP contribution in [0.2, 0.25) is 0 Å². The van der Waals surface area contributed by atoms with Gasteiger partial charge in [0.2, 0.25) is 0 Å². The summed E-state index contributed by atoms with van der Waals surface area (Å²) in [6.45, 7) is 0. The first-order valence-corrected chi connectivity index (χ1v) is 4.79. The van der Waals surface area contributed by atoms with Crippen LogP contribution in [0.15, 0.2) is 0 Å². The van der Waals surface area contributed by atoms with Crippen LogP contribution in [0.4, 0.5) is 0 Å². The molecule has 0 aromatic rings. The van der Waals surface area contributed by atoms with Crippen LogP contribution >= 0.6 is 12.6 Å². The van der Waals surface area contributed by atoms with E-state index in [-0.39, 0.29) is 0 Å². The van der Waals surface area contributed by atoms with Crippen molar-refractivity contribution in [2.24, 2.45) is 0 Å². The smallest absolute Gasteiger partial charge is 0.144 e. The monoisotopic (exact) mass is 142 g/mol. The fourth-order valence-electron chi connectivity index (χ4n) is 0. The van der Waals surface area contributed by atoms with Crippen LogP contribution in [-0.4, -0.2) is 27.2 Å². The molecule has 0 amide bonds. The highest BCUT2D eigenvalue weighted by molar-refractivity contribution is 7.89. The Morgan fingerprint density at radius 3 is 1.14 bits per heavy atom. The molecule has 0 N–H and O–H groups in total. The van der Waals surface area contributed by atoms with Crippen molar-refractivity contribution in [3.8, 4) is 0 Å². The third-order valence-electron chi connectivity index (χ3n) is 0. The predicted octanol–water partition coefficient (Wildman–Crippen LogP) is 0.207. The fraction of sp³-hybridized carbons (Fsp3) is 1.00. The lowest BCUT2D eigenvalue weighted by molar-refractivity contribution is 0.607. The number of hydrogen-bond donors (Lipinski definition) is 1. The molecule has 0 heterocycles. The molecule has 0 rings (SSSR count). The zero-order valence-electron chi connectivity index (χ0n) is 4.67. The summed E-state index contributed by atoms with van der Waals surface area (Å²) in [6.07, 6.45) is 4.01. The van der Waals surface area contributed by atoms with E-state index >= 15 is 0 Å². The van der Waals surface area contributed by atoms with Crippen molar-refractivity contribution in [3.63, 3.8) is 0 Å². The van der Waals surface area contributed by atoms with Gasteiger partial charge < -0.3 is 0 Å². The van der Waals surface area contributed by atoms with Gasteiger partial charge in [-0.1, -0.05) is 0 Å². The molecule has 0 saturated heterocycles. The standard InChI is InChI=1S/C2H6O2S.CH4S/c1-5(2,3)4;1-2/h1-2H3;2H,1H3. The number of sulfone groups is 1. The maximum Gasteiger partial charge on any atom is 0.144 e. The summed E-state index contributed by atoms with van der Waals surface area (Å²) >= 11 is 3.53. The molecule has 0 radical (unpaired) electrons. The van der Waals surface area contributed by atoms with Gasteiger partial charge >= 0.3 is 0 Å². The minimum Gasteiger partial charge on any atom is -0.229 e. The van der Waals surface area contributed by atoms with E-state index in [0.29, 0.717) is 0 Å². The van der Waals surface area contributed by atoms with E-state index in [0.717, 1.165) is 12.5 Å². The van der Waals surface area contributed by atoms with Crippen molar-refractivity contribution in [2.75, 3.05) is 18.8 Å². The first kappa shape index (κ1) is 10.3. The average molecular weight is 142 g/mol. The molecule has 7 heavy (non-hydrogen) atoms. The Balaban J connectivity index is 0. The zero-order chi connectivity index (χ0) is 6.50. The second-order valence-corrected chi connectivity index (χ2v) is 3.43. The third kappa shape index (κ3) is 1290. The fourth-order valence-corrected chi connectivity index (χ4v) is 0. The zero-order valence-corrected chi connectivity index (χ0v) is 6.38. The third-order valence-corrected chi connectivity index (χ3v) is 0. The molecule has 0 atom stereocenters. The minimum atomic E-state index is -2.67. The Kier molecular flexibility index (Phi) is 6.57. The highest BCUT2D eigenvalue weighted by atomic mass is 32.2. The summed E-state index contributed by atoms with van der Waals surface area (Å²) in [5.74, 6) is 0. The summed E-state index contributed by atoms with van der Waals surface area (Å²) in [5.41, 5.74) is 0. The molecule has 0 unspecified atom stereocenters. The van der Waals surface area contributed by atoms with Gasteiger partial charge in [0.15, 0.2) is 0 Å². The van der Waals surface area contributed by atoms with Crippen LogP contribution in [0.25, 0.3) is 0 Å². The highest BCUT2D eigenvalue weighted by Gasteiger charge is 1.79. The number of hydrogen-bond acceptors (Lipinski definition) is 3. The van der Waals surface area contributed by atoms with E-state index in [1.54, 1.807) is 6.26 Å². The lowest BCUT2D eigenvalue weighted by Crippen LogP contribution is -1.86. The Morgan fingerprint density at radius 2 is 1.14 bits per heavy atom. The molecule has 46 valence electrons. The van der Waals surface area contributed by atoms with Crippen molar-refractivity contribution in [1.82, 2.24) is 0 Å². The Hall–Kier alpha value is 0.300.